The number of halogens is 1. The van der Waals surface area contributed by atoms with Gasteiger partial charge in [-0.15, -0.1) is 0 Å². The van der Waals surface area contributed by atoms with Crippen LogP contribution in [0.4, 0.5) is 5.82 Å². The lowest BCUT2D eigenvalue weighted by molar-refractivity contribution is -0.124. The van der Waals surface area contributed by atoms with Gasteiger partial charge in [-0.05, 0) is 28.8 Å². The van der Waals surface area contributed by atoms with E-state index in [1.807, 2.05) is 0 Å². The number of carbonyl (C=O) groups excluding carboxylic acids is 1. The van der Waals surface area contributed by atoms with Crippen LogP contribution in [0.5, 0.6) is 0 Å². The molecule has 92 valence electrons. The first-order chi connectivity index (χ1) is 8.16. The van der Waals surface area contributed by atoms with Gasteiger partial charge in [0.25, 0.3) is 0 Å². The number of aromatic nitrogens is 2. The molecule has 0 radical (unpaired) electrons. The molecule has 1 amide bonds. The van der Waals surface area contributed by atoms with E-state index < -0.39 is 5.41 Å². The van der Waals surface area contributed by atoms with Gasteiger partial charge in [0.05, 0.1) is 17.8 Å². The van der Waals surface area contributed by atoms with E-state index >= 15 is 0 Å². The molecular weight excluding hydrogens is 284 g/mol. The zero-order valence-corrected chi connectivity index (χ0v) is 11.0. The molecule has 0 saturated heterocycles. The van der Waals surface area contributed by atoms with Crippen molar-refractivity contribution in [3.63, 3.8) is 0 Å². The van der Waals surface area contributed by atoms with E-state index in [1.165, 1.54) is 6.20 Å². The zero-order valence-electron chi connectivity index (χ0n) is 9.45. The first-order valence-electron chi connectivity index (χ1n) is 5.65. The lowest BCUT2D eigenvalue weighted by Gasteiger charge is -2.25. The normalized spacial score (nSPS) is 18.0. The standard InChI is InChI=1S/C11H15BrN4O/c12-8-5-15-9(6-14-8)16-10(17)11(7-13)3-1-2-4-11/h5-6H,1-4,7,13H2,(H,15,16,17). The highest BCUT2D eigenvalue weighted by Crippen LogP contribution is 2.37. The van der Waals surface area contributed by atoms with Crippen LogP contribution in [0.25, 0.3) is 0 Å². The van der Waals surface area contributed by atoms with Crippen molar-refractivity contribution in [1.29, 1.82) is 0 Å². The van der Waals surface area contributed by atoms with Crippen molar-refractivity contribution in [2.24, 2.45) is 11.1 Å². The molecule has 1 aromatic heterocycles. The topological polar surface area (TPSA) is 80.9 Å². The van der Waals surface area contributed by atoms with E-state index in [1.54, 1.807) is 6.20 Å². The van der Waals surface area contributed by atoms with E-state index in [0.717, 1.165) is 25.7 Å². The number of anilines is 1. The van der Waals surface area contributed by atoms with Crippen molar-refractivity contribution >= 4 is 27.7 Å². The minimum atomic E-state index is -0.408. The fraction of sp³-hybridized carbons (Fsp3) is 0.545. The van der Waals surface area contributed by atoms with E-state index in [2.05, 4.69) is 31.2 Å². The Kier molecular flexibility index (Phi) is 3.73. The van der Waals surface area contributed by atoms with Gasteiger partial charge in [0.2, 0.25) is 5.91 Å². The van der Waals surface area contributed by atoms with E-state index in [4.69, 9.17) is 5.73 Å². The molecule has 0 spiro atoms. The lowest BCUT2D eigenvalue weighted by atomic mass is 9.85. The van der Waals surface area contributed by atoms with Crippen molar-refractivity contribution in [3.05, 3.63) is 17.0 Å². The summed E-state index contributed by atoms with van der Waals surface area (Å²) in [6.07, 6.45) is 6.94. The third-order valence-corrected chi connectivity index (χ3v) is 3.70. The molecule has 1 aliphatic rings. The molecule has 17 heavy (non-hydrogen) atoms. The number of nitrogens with zero attached hydrogens (tertiary/aromatic N) is 2. The quantitative estimate of drug-likeness (QED) is 0.890. The van der Waals surface area contributed by atoms with Gasteiger partial charge >= 0.3 is 0 Å². The fourth-order valence-corrected chi connectivity index (χ4v) is 2.41. The molecule has 0 unspecified atom stereocenters. The number of nitrogens with one attached hydrogen (secondary N) is 1. The van der Waals surface area contributed by atoms with Crippen LogP contribution in [0.15, 0.2) is 17.0 Å². The number of rotatable bonds is 3. The Bertz CT molecular complexity index is 400. The monoisotopic (exact) mass is 298 g/mol. The Labute approximate surface area is 108 Å². The average Bonchev–Trinajstić information content (AvgIpc) is 2.82. The van der Waals surface area contributed by atoms with Crippen molar-refractivity contribution in [2.45, 2.75) is 25.7 Å². The molecular formula is C11H15BrN4O. The molecule has 1 heterocycles. The van der Waals surface area contributed by atoms with Crippen molar-refractivity contribution in [3.8, 4) is 0 Å². The summed E-state index contributed by atoms with van der Waals surface area (Å²) in [5.74, 6) is 0.437. The van der Waals surface area contributed by atoms with Gasteiger partial charge < -0.3 is 11.1 Å². The largest absolute Gasteiger partial charge is 0.329 e. The predicted octanol–water partition coefficient (Wildman–Crippen LogP) is 1.70. The molecule has 1 fully saturated rings. The summed E-state index contributed by atoms with van der Waals surface area (Å²) in [6, 6.07) is 0. The maximum absolute atomic E-state index is 12.2. The molecule has 0 bridgehead atoms. The summed E-state index contributed by atoms with van der Waals surface area (Å²) in [5, 5.41) is 2.79. The maximum atomic E-state index is 12.2. The highest BCUT2D eigenvalue weighted by molar-refractivity contribution is 9.10. The minimum Gasteiger partial charge on any atom is -0.329 e. The zero-order chi connectivity index (χ0) is 12.3. The SMILES string of the molecule is NCC1(C(=O)Nc2cnc(Br)cn2)CCCC1. The highest BCUT2D eigenvalue weighted by atomic mass is 79.9. The molecule has 1 saturated carbocycles. The first-order valence-corrected chi connectivity index (χ1v) is 6.45. The third-order valence-electron chi connectivity index (χ3n) is 3.30. The second-order valence-corrected chi connectivity index (χ2v) is 5.18. The Balaban J connectivity index is 2.08. The molecule has 1 aromatic rings. The Morgan fingerprint density at radius 1 is 1.41 bits per heavy atom. The van der Waals surface area contributed by atoms with E-state index in [-0.39, 0.29) is 5.91 Å². The first kappa shape index (κ1) is 12.4. The van der Waals surface area contributed by atoms with Crippen LogP contribution in [0.1, 0.15) is 25.7 Å². The van der Waals surface area contributed by atoms with Gasteiger partial charge in [0.15, 0.2) is 5.82 Å². The molecule has 5 nitrogen and oxygen atoms in total. The molecule has 0 atom stereocenters. The van der Waals surface area contributed by atoms with Gasteiger partial charge in [0.1, 0.15) is 4.60 Å². The third kappa shape index (κ3) is 2.63. The Morgan fingerprint density at radius 2 is 2.12 bits per heavy atom. The summed E-state index contributed by atoms with van der Waals surface area (Å²) >= 11 is 3.20. The number of carbonyl (C=O) groups is 1. The molecule has 3 N–H and O–H groups in total. The van der Waals surface area contributed by atoms with Gasteiger partial charge in [-0.1, -0.05) is 12.8 Å². The van der Waals surface area contributed by atoms with Crippen molar-refractivity contribution in [2.75, 3.05) is 11.9 Å². The van der Waals surface area contributed by atoms with Crippen LogP contribution in [-0.2, 0) is 4.79 Å². The number of amides is 1. The number of hydrogen-bond acceptors (Lipinski definition) is 4. The summed E-state index contributed by atoms with van der Waals surface area (Å²) in [7, 11) is 0. The molecule has 0 aliphatic heterocycles. The summed E-state index contributed by atoms with van der Waals surface area (Å²) in [4.78, 5) is 20.3. The predicted molar refractivity (Wildman–Crippen MR) is 68.3 cm³/mol. The summed E-state index contributed by atoms with van der Waals surface area (Å²) in [5.41, 5.74) is 5.34. The second-order valence-electron chi connectivity index (χ2n) is 4.37. The Morgan fingerprint density at radius 3 is 2.65 bits per heavy atom. The maximum Gasteiger partial charge on any atom is 0.233 e. The number of hydrogen-bond donors (Lipinski definition) is 2. The molecule has 2 rings (SSSR count). The van der Waals surface area contributed by atoms with Crippen LogP contribution < -0.4 is 11.1 Å². The van der Waals surface area contributed by atoms with E-state index in [0.29, 0.717) is 17.0 Å². The van der Waals surface area contributed by atoms with Crippen LogP contribution >= 0.6 is 15.9 Å². The molecule has 0 aromatic carbocycles. The summed E-state index contributed by atoms with van der Waals surface area (Å²) in [6.45, 7) is 0.392. The van der Waals surface area contributed by atoms with Gasteiger partial charge in [-0.25, -0.2) is 9.97 Å². The van der Waals surface area contributed by atoms with Crippen LogP contribution in [-0.4, -0.2) is 22.4 Å². The van der Waals surface area contributed by atoms with E-state index in [9.17, 15) is 4.79 Å². The minimum absolute atomic E-state index is 0.0332. The summed E-state index contributed by atoms with van der Waals surface area (Å²) < 4.78 is 0.643. The average molecular weight is 299 g/mol. The van der Waals surface area contributed by atoms with Gasteiger partial charge in [-0.2, -0.15) is 0 Å². The molecule has 6 heteroatoms. The van der Waals surface area contributed by atoms with Crippen LogP contribution in [0, 0.1) is 5.41 Å². The van der Waals surface area contributed by atoms with Crippen molar-refractivity contribution < 1.29 is 4.79 Å². The highest BCUT2D eigenvalue weighted by Gasteiger charge is 2.39. The number of nitrogens with two attached hydrogens (primary N) is 1. The van der Waals surface area contributed by atoms with Crippen LogP contribution in [0.3, 0.4) is 0 Å². The molecule has 1 aliphatic carbocycles. The second kappa shape index (κ2) is 5.10. The fourth-order valence-electron chi connectivity index (χ4n) is 2.20. The van der Waals surface area contributed by atoms with Gasteiger partial charge in [0, 0.05) is 6.54 Å². The van der Waals surface area contributed by atoms with Crippen molar-refractivity contribution in [1.82, 2.24) is 9.97 Å². The Hall–Kier alpha value is -1.01. The smallest absolute Gasteiger partial charge is 0.233 e. The van der Waals surface area contributed by atoms with Gasteiger partial charge in [-0.3, -0.25) is 4.79 Å². The van der Waals surface area contributed by atoms with Crippen LogP contribution in [0.2, 0.25) is 0 Å². The lowest BCUT2D eigenvalue weighted by Crippen LogP contribution is -2.40.